The Morgan fingerprint density at radius 3 is 2.32 bits per heavy atom. The first-order valence-corrected chi connectivity index (χ1v) is 14.3. The number of hydrogen-bond acceptors (Lipinski definition) is 6. The van der Waals surface area contributed by atoms with Gasteiger partial charge in [-0.15, -0.1) is 0 Å². The summed E-state index contributed by atoms with van der Waals surface area (Å²) in [6, 6.07) is 16.3. The van der Waals surface area contributed by atoms with Crippen LogP contribution < -0.4 is 4.74 Å². The highest BCUT2D eigenvalue weighted by Gasteiger charge is 2.45. The van der Waals surface area contributed by atoms with E-state index < -0.39 is 5.97 Å². The molecule has 1 aliphatic heterocycles. The van der Waals surface area contributed by atoms with Crippen molar-refractivity contribution in [1.82, 2.24) is 4.90 Å². The van der Waals surface area contributed by atoms with E-state index in [1.54, 1.807) is 7.11 Å². The average Bonchev–Trinajstić information content (AvgIpc) is 3.24. The predicted molar refractivity (Wildman–Crippen MR) is 148 cm³/mol. The third-order valence-electron chi connectivity index (χ3n) is 7.25. The summed E-state index contributed by atoms with van der Waals surface area (Å²) < 4.78 is 11.7. The van der Waals surface area contributed by atoms with Crippen molar-refractivity contribution in [2.45, 2.75) is 50.9 Å². The summed E-state index contributed by atoms with van der Waals surface area (Å²) in [5, 5.41) is 8.83. The quantitative estimate of drug-likeness (QED) is 0.371. The zero-order chi connectivity index (χ0) is 26.0. The van der Waals surface area contributed by atoms with E-state index in [1.807, 2.05) is 30.0 Å². The second kappa shape index (κ2) is 13.8. The van der Waals surface area contributed by atoms with E-state index in [4.69, 9.17) is 14.6 Å². The largest absolute Gasteiger partial charge is 0.497 e. The van der Waals surface area contributed by atoms with E-state index >= 15 is 0 Å². The van der Waals surface area contributed by atoms with E-state index in [1.165, 1.54) is 0 Å². The molecule has 0 aromatic heterocycles. The number of ether oxygens (including phenoxy) is 2. The zero-order valence-electron chi connectivity index (χ0n) is 21.5. The van der Waals surface area contributed by atoms with Crippen LogP contribution in [-0.4, -0.2) is 65.6 Å². The summed E-state index contributed by atoms with van der Waals surface area (Å²) in [5.41, 5.74) is 3.36. The van der Waals surface area contributed by atoms with Crippen molar-refractivity contribution < 1.29 is 24.2 Å². The Kier molecular flexibility index (Phi) is 10.2. The molecule has 2 aliphatic rings. The van der Waals surface area contributed by atoms with Gasteiger partial charge in [-0.1, -0.05) is 48.6 Å². The predicted octanol–water partition coefficient (Wildman–Crippen LogP) is 5.46. The van der Waals surface area contributed by atoms with Gasteiger partial charge in [0.25, 0.3) is 0 Å². The maximum Gasteiger partial charge on any atom is 0.303 e. The van der Waals surface area contributed by atoms with E-state index in [0.29, 0.717) is 25.2 Å². The first kappa shape index (κ1) is 27.4. The van der Waals surface area contributed by atoms with Crippen molar-refractivity contribution in [3.8, 4) is 16.9 Å². The monoisotopic (exact) mass is 523 g/mol. The van der Waals surface area contributed by atoms with Crippen molar-refractivity contribution in [2.24, 2.45) is 5.92 Å². The zero-order valence-corrected chi connectivity index (χ0v) is 22.3. The van der Waals surface area contributed by atoms with Gasteiger partial charge in [-0.3, -0.25) is 14.5 Å². The summed E-state index contributed by atoms with van der Waals surface area (Å²) >= 11 is 1.95. The minimum Gasteiger partial charge on any atom is -0.497 e. The van der Waals surface area contributed by atoms with Crippen LogP contribution in [0.25, 0.3) is 11.1 Å². The van der Waals surface area contributed by atoms with Crippen molar-refractivity contribution in [3.63, 3.8) is 0 Å². The fraction of sp³-hybridized carbons (Fsp3) is 0.467. The Bertz CT molecular complexity index is 1050. The molecule has 1 saturated carbocycles. The Labute approximate surface area is 224 Å². The van der Waals surface area contributed by atoms with Gasteiger partial charge in [-0.25, -0.2) is 0 Å². The molecule has 1 saturated heterocycles. The topological polar surface area (TPSA) is 76.1 Å². The van der Waals surface area contributed by atoms with Crippen LogP contribution in [0.5, 0.6) is 5.75 Å². The third-order valence-corrected chi connectivity index (χ3v) is 8.20. The van der Waals surface area contributed by atoms with Crippen LogP contribution in [-0.2, 0) is 20.9 Å². The standard InChI is InChI=1S/C30H37NO5S/c1-35-25-14-12-24(13-15-25)23-10-8-22(9-11-23)21-36-28-20-27(32)30(31-16-18-37-19-17-31)26(28)6-4-2-3-5-7-29(33)34/h2-3,8-15,26,28,30H,4-7,16-21H2,1H3,(H,33,34)/t26-,28-,30+/m0/s1. The lowest BCUT2D eigenvalue weighted by Gasteiger charge is -2.35. The number of carbonyl (C=O) groups excluding carboxylic acids is 1. The molecule has 2 aromatic carbocycles. The van der Waals surface area contributed by atoms with Gasteiger partial charge >= 0.3 is 5.97 Å². The molecule has 2 fully saturated rings. The van der Waals surface area contributed by atoms with Gasteiger partial charge in [0.2, 0.25) is 0 Å². The summed E-state index contributed by atoms with van der Waals surface area (Å²) in [5.74, 6) is 2.64. The molecule has 198 valence electrons. The average molecular weight is 524 g/mol. The number of allylic oxidation sites excluding steroid dienone is 2. The number of rotatable bonds is 12. The lowest BCUT2D eigenvalue weighted by Crippen LogP contribution is -2.47. The summed E-state index contributed by atoms with van der Waals surface area (Å²) in [7, 11) is 1.67. The van der Waals surface area contributed by atoms with E-state index in [-0.39, 0.29) is 24.5 Å². The lowest BCUT2D eigenvalue weighted by atomic mass is 9.93. The minimum atomic E-state index is -0.778. The summed E-state index contributed by atoms with van der Waals surface area (Å²) in [6.07, 6.45) is 6.75. The molecule has 0 spiro atoms. The fourth-order valence-electron chi connectivity index (χ4n) is 5.28. The van der Waals surface area contributed by atoms with Crippen LogP contribution in [0.2, 0.25) is 0 Å². The number of carbonyl (C=O) groups is 2. The highest BCUT2D eigenvalue weighted by molar-refractivity contribution is 7.99. The molecule has 1 heterocycles. The number of benzene rings is 2. The first-order chi connectivity index (χ1) is 18.0. The Balaban J connectivity index is 1.38. The van der Waals surface area contributed by atoms with Crippen LogP contribution in [0.4, 0.5) is 0 Å². The second-order valence-electron chi connectivity index (χ2n) is 9.68. The molecule has 1 aliphatic carbocycles. The van der Waals surface area contributed by atoms with Gasteiger partial charge in [-0.2, -0.15) is 11.8 Å². The number of carboxylic acids is 1. The summed E-state index contributed by atoms with van der Waals surface area (Å²) in [6.45, 7) is 2.38. The summed E-state index contributed by atoms with van der Waals surface area (Å²) in [4.78, 5) is 26.3. The van der Waals surface area contributed by atoms with Crippen LogP contribution >= 0.6 is 11.8 Å². The van der Waals surface area contributed by atoms with Crippen LogP contribution in [0, 0.1) is 5.92 Å². The van der Waals surface area contributed by atoms with Gasteiger partial charge in [0.05, 0.1) is 25.9 Å². The molecule has 4 rings (SSSR count). The highest BCUT2D eigenvalue weighted by atomic mass is 32.2. The number of nitrogens with zero attached hydrogens (tertiary/aromatic N) is 1. The molecule has 0 bridgehead atoms. The van der Waals surface area contributed by atoms with Crippen LogP contribution in [0.15, 0.2) is 60.7 Å². The van der Waals surface area contributed by atoms with Crippen molar-refractivity contribution in [3.05, 3.63) is 66.2 Å². The Hall–Kier alpha value is -2.61. The number of thioether (sulfide) groups is 1. The molecule has 37 heavy (non-hydrogen) atoms. The lowest BCUT2D eigenvalue weighted by molar-refractivity contribution is -0.136. The molecule has 3 atom stereocenters. The van der Waals surface area contributed by atoms with Crippen LogP contribution in [0.1, 0.15) is 37.7 Å². The number of ketones is 1. The van der Waals surface area contributed by atoms with Crippen molar-refractivity contribution >= 4 is 23.5 Å². The molecule has 0 unspecified atom stereocenters. The van der Waals surface area contributed by atoms with Gasteiger partial charge < -0.3 is 14.6 Å². The number of Topliss-reactive ketones (excluding diaryl/α,β-unsaturated/α-hetero) is 1. The third kappa shape index (κ3) is 7.69. The maximum atomic E-state index is 13.1. The van der Waals surface area contributed by atoms with E-state index in [2.05, 4.69) is 47.4 Å². The van der Waals surface area contributed by atoms with Crippen molar-refractivity contribution in [1.29, 1.82) is 0 Å². The van der Waals surface area contributed by atoms with Gasteiger partial charge in [0.1, 0.15) is 5.75 Å². The molecular weight excluding hydrogens is 486 g/mol. The number of methoxy groups -OCH3 is 1. The number of carboxylic acid groups (broad SMARTS) is 1. The number of aliphatic carboxylic acids is 1. The van der Waals surface area contributed by atoms with Crippen molar-refractivity contribution in [2.75, 3.05) is 31.7 Å². The van der Waals surface area contributed by atoms with Gasteiger partial charge in [0.15, 0.2) is 5.78 Å². The minimum absolute atomic E-state index is 0.0734. The maximum absolute atomic E-state index is 13.1. The first-order valence-electron chi connectivity index (χ1n) is 13.1. The second-order valence-corrected chi connectivity index (χ2v) is 10.9. The molecular formula is C30H37NO5S. The van der Waals surface area contributed by atoms with Gasteiger partial charge in [-0.05, 0) is 48.1 Å². The number of hydrogen-bond donors (Lipinski definition) is 1. The Morgan fingerprint density at radius 2 is 1.68 bits per heavy atom. The molecule has 0 amide bonds. The van der Waals surface area contributed by atoms with Crippen LogP contribution in [0.3, 0.4) is 0 Å². The van der Waals surface area contributed by atoms with E-state index in [0.717, 1.165) is 59.9 Å². The normalized spacial score (nSPS) is 22.5. The molecule has 2 aromatic rings. The Morgan fingerprint density at radius 1 is 1.03 bits per heavy atom. The molecule has 6 nitrogen and oxygen atoms in total. The smallest absolute Gasteiger partial charge is 0.303 e. The molecule has 0 radical (unpaired) electrons. The highest BCUT2D eigenvalue weighted by Crippen LogP contribution is 2.35. The SMILES string of the molecule is COc1ccc(-c2ccc(CO[C@H]3CC(=O)[C@H](N4CCSCC4)[C@H]3CCC=CCCC(=O)O)cc2)cc1. The molecule has 1 N–H and O–H groups in total. The molecule has 7 heteroatoms. The van der Waals surface area contributed by atoms with Gasteiger partial charge in [0, 0.05) is 43.4 Å². The fourth-order valence-corrected chi connectivity index (χ4v) is 6.21. The van der Waals surface area contributed by atoms with E-state index in [9.17, 15) is 9.59 Å².